The Bertz CT molecular complexity index is 654. The van der Waals surface area contributed by atoms with Crippen molar-refractivity contribution >= 4 is 11.6 Å². The molecule has 2 N–H and O–H groups in total. The van der Waals surface area contributed by atoms with Gasteiger partial charge >= 0.3 is 0 Å². The fraction of sp³-hybridized carbons (Fsp3) is 0.133. The number of hydrogen-bond acceptors (Lipinski definition) is 4. The zero-order valence-electron chi connectivity index (χ0n) is 10.6. The van der Waals surface area contributed by atoms with E-state index in [4.69, 9.17) is 9.47 Å². The molecule has 3 rings (SSSR count). The molecule has 0 unspecified atom stereocenters. The van der Waals surface area contributed by atoms with Crippen molar-refractivity contribution in [2.75, 3.05) is 12.1 Å². The topological polar surface area (TPSA) is 67.8 Å². The van der Waals surface area contributed by atoms with Crippen LogP contribution in [0.4, 0.5) is 5.69 Å². The van der Waals surface area contributed by atoms with Crippen LogP contribution in [0.2, 0.25) is 0 Å². The van der Waals surface area contributed by atoms with E-state index < -0.39 is 0 Å². The lowest BCUT2D eigenvalue weighted by molar-refractivity contribution is -0.115. The lowest BCUT2D eigenvalue weighted by atomic mass is 10.1. The number of carbonyl (C=O) groups excluding carboxylic acids is 1. The number of ether oxygens (including phenoxy) is 2. The quantitative estimate of drug-likeness (QED) is 0.898. The molecule has 5 nitrogen and oxygen atoms in total. The minimum absolute atomic E-state index is 0.117. The van der Waals surface area contributed by atoms with Crippen molar-refractivity contribution in [3.63, 3.8) is 0 Å². The van der Waals surface area contributed by atoms with Gasteiger partial charge in [0.15, 0.2) is 11.5 Å². The Balaban J connectivity index is 1.67. The van der Waals surface area contributed by atoms with E-state index in [2.05, 4.69) is 5.32 Å². The molecule has 20 heavy (non-hydrogen) atoms. The number of carbonyl (C=O) groups is 1. The second-order valence-electron chi connectivity index (χ2n) is 4.46. The molecule has 102 valence electrons. The molecule has 1 aliphatic heterocycles. The number of hydrogen-bond donors (Lipinski definition) is 2. The number of phenolic OH excluding ortho intramolecular Hbond substituents is 1. The summed E-state index contributed by atoms with van der Waals surface area (Å²) in [4.78, 5) is 11.9. The standard InChI is InChI=1S/C15H13NO4/c17-12-3-1-2-11(8-12)16-15(18)7-10-4-5-13-14(6-10)20-9-19-13/h1-6,8,17H,7,9H2,(H,16,18). The van der Waals surface area contributed by atoms with Crippen LogP contribution >= 0.6 is 0 Å². The summed E-state index contributed by atoms with van der Waals surface area (Å²) in [7, 11) is 0. The largest absolute Gasteiger partial charge is 0.508 e. The van der Waals surface area contributed by atoms with Crippen LogP contribution in [0.5, 0.6) is 17.2 Å². The molecule has 5 heteroatoms. The van der Waals surface area contributed by atoms with Crippen LogP contribution in [0, 0.1) is 0 Å². The van der Waals surface area contributed by atoms with Gasteiger partial charge in [-0.2, -0.15) is 0 Å². The molecular weight excluding hydrogens is 258 g/mol. The fourth-order valence-corrected chi connectivity index (χ4v) is 2.03. The summed E-state index contributed by atoms with van der Waals surface area (Å²) in [5.41, 5.74) is 1.41. The molecule has 1 heterocycles. The van der Waals surface area contributed by atoms with Crippen molar-refractivity contribution in [2.45, 2.75) is 6.42 Å². The molecule has 0 fully saturated rings. The summed E-state index contributed by atoms with van der Waals surface area (Å²) in [6, 6.07) is 11.9. The first kappa shape index (κ1) is 12.3. The third-order valence-corrected chi connectivity index (χ3v) is 2.93. The van der Waals surface area contributed by atoms with Crippen molar-refractivity contribution in [3.8, 4) is 17.2 Å². The molecule has 0 saturated carbocycles. The van der Waals surface area contributed by atoms with Gasteiger partial charge in [-0.05, 0) is 29.8 Å². The minimum atomic E-state index is -0.158. The zero-order valence-corrected chi connectivity index (χ0v) is 10.6. The van der Waals surface area contributed by atoms with Gasteiger partial charge in [0.1, 0.15) is 5.75 Å². The Morgan fingerprint density at radius 2 is 2.00 bits per heavy atom. The van der Waals surface area contributed by atoms with Gasteiger partial charge in [0, 0.05) is 11.8 Å². The van der Waals surface area contributed by atoms with Gasteiger partial charge < -0.3 is 19.9 Å². The SMILES string of the molecule is O=C(Cc1ccc2c(c1)OCO2)Nc1cccc(O)c1. The Kier molecular flexibility index (Phi) is 3.16. The van der Waals surface area contributed by atoms with Gasteiger partial charge in [-0.25, -0.2) is 0 Å². The van der Waals surface area contributed by atoms with Crippen LogP contribution in [0.1, 0.15) is 5.56 Å². The van der Waals surface area contributed by atoms with E-state index in [1.54, 1.807) is 30.3 Å². The summed E-state index contributed by atoms with van der Waals surface area (Å²) in [5, 5.41) is 12.1. The number of amides is 1. The highest BCUT2D eigenvalue weighted by Gasteiger charge is 2.14. The van der Waals surface area contributed by atoms with Gasteiger partial charge in [-0.1, -0.05) is 12.1 Å². The van der Waals surface area contributed by atoms with E-state index in [-0.39, 0.29) is 24.9 Å². The third kappa shape index (κ3) is 2.66. The Morgan fingerprint density at radius 3 is 2.85 bits per heavy atom. The maximum absolute atomic E-state index is 11.9. The van der Waals surface area contributed by atoms with E-state index in [1.807, 2.05) is 6.07 Å². The van der Waals surface area contributed by atoms with Gasteiger partial charge in [-0.15, -0.1) is 0 Å². The van der Waals surface area contributed by atoms with Gasteiger partial charge in [0.05, 0.1) is 6.42 Å². The first-order valence-corrected chi connectivity index (χ1v) is 6.18. The highest BCUT2D eigenvalue weighted by Crippen LogP contribution is 2.32. The maximum atomic E-state index is 11.9. The van der Waals surface area contributed by atoms with Crippen LogP contribution in [0.3, 0.4) is 0 Å². The number of anilines is 1. The summed E-state index contributed by atoms with van der Waals surface area (Å²) in [6.07, 6.45) is 0.228. The molecular formula is C15H13NO4. The number of benzene rings is 2. The molecule has 0 atom stereocenters. The summed E-state index contributed by atoms with van der Waals surface area (Å²) in [5.74, 6) is 1.31. The van der Waals surface area contributed by atoms with Crippen LogP contribution in [0.15, 0.2) is 42.5 Å². The molecule has 1 aliphatic rings. The predicted molar refractivity (Wildman–Crippen MR) is 73.0 cm³/mol. The second kappa shape index (κ2) is 5.13. The first-order valence-electron chi connectivity index (χ1n) is 6.18. The number of aromatic hydroxyl groups is 1. The van der Waals surface area contributed by atoms with E-state index in [0.29, 0.717) is 17.2 Å². The van der Waals surface area contributed by atoms with Crippen LogP contribution < -0.4 is 14.8 Å². The first-order chi connectivity index (χ1) is 9.70. The summed E-state index contributed by atoms with van der Waals surface area (Å²) in [6.45, 7) is 0.217. The average Bonchev–Trinajstić information content (AvgIpc) is 2.86. The smallest absolute Gasteiger partial charge is 0.231 e. The monoisotopic (exact) mass is 271 g/mol. The number of rotatable bonds is 3. The van der Waals surface area contributed by atoms with Crippen molar-refractivity contribution in [3.05, 3.63) is 48.0 Å². The minimum Gasteiger partial charge on any atom is -0.508 e. The predicted octanol–water partition coefficient (Wildman–Crippen LogP) is 2.30. The normalized spacial score (nSPS) is 12.2. The molecule has 0 bridgehead atoms. The molecule has 0 spiro atoms. The van der Waals surface area contributed by atoms with Gasteiger partial charge in [-0.3, -0.25) is 4.79 Å². The Hall–Kier alpha value is -2.69. The van der Waals surface area contributed by atoms with Crippen molar-refractivity contribution < 1.29 is 19.4 Å². The van der Waals surface area contributed by atoms with Crippen molar-refractivity contribution in [1.29, 1.82) is 0 Å². The van der Waals surface area contributed by atoms with Crippen LogP contribution in [-0.4, -0.2) is 17.8 Å². The van der Waals surface area contributed by atoms with E-state index >= 15 is 0 Å². The highest BCUT2D eigenvalue weighted by molar-refractivity contribution is 5.92. The fourth-order valence-electron chi connectivity index (χ4n) is 2.03. The van der Waals surface area contributed by atoms with Crippen molar-refractivity contribution in [2.24, 2.45) is 0 Å². The average molecular weight is 271 g/mol. The molecule has 0 aromatic heterocycles. The molecule has 0 saturated heterocycles. The summed E-state index contributed by atoms with van der Waals surface area (Å²) < 4.78 is 10.5. The molecule has 2 aromatic carbocycles. The Morgan fingerprint density at radius 1 is 1.15 bits per heavy atom. The van der Waals surface area contributed by atoms with E-state index in [1.165, 1.54) is 6.07 Å². The number of fused-ring (bicyclic) bond motifs is 1. The summed E-state index contributed by atoms with van der Waals surface area (Å²) >= 11 is 0. The second-order valence-corrected chi connectivity index (χ2v) is 4.46. The lowest BCUT2D eigenvalue weighted by Gasteiger charge is -2.06. The highest BCUT2D eigenvalue weighted by atomic mass is 16.7. The van der Waals surface area contributed by atoms with Gasteiger partial charge in [0.2, 0.25) is 12.7 Å². The molecule has 2 aromatic rings. The molecule has 0 aliphatic carbocycles. The Labute approximate surface area is 115 Å². The molecule has 0 radical (unpaired) electrons. The zero-order chi connectivity index (χ0) is 13.9. The van der Waals surface area contributed by atoms with Crippen LogP contribution in [0.25, 0.3) is 0 Å². The van der Waals surface area contributed by atoms with Crippen molar-refractivity contribution in [1.82, 2.24) is 0 Å². The number of nitrogens with one attached hydrogen (secondary N) is 1. The maximum Gasteiger partial charge on any atom is 0.231 e. The number of phenols is 1. The van der Waals surface area contributed by atoms with E-state index in [0.717, 1.165) is 5.56 Å². The van der Waals surface area contributed by atoms with E-state index in [9.17, 15) is 9.90 Å². The third-order valence-electron chi connectivity index (χ3n) is 2.93. The lowest BCUT2D eigenvalue weighted by Crippen LogP contribution is -2.14. The van der Waals surface area contributed by atoms with Gasteiger partial charge in [0.25, 0.3) is 0 Å². The molecule has 1 amide bonds. The van der Waals surface area contributed by atoms with Crippen LogP contribution in [-0.2, 0) is 11.2 Å².